The van der Waals surface area contributed by atoms with Crippen molar-refractivity contribution < 1.29 is 14.3 Å². The number of aromatic nitrogens is 2. The minimum atomic E-state index is -0.549. The molecule has 0 aliphatic carbocycles. The lowest BCUT2D eigenvalue weighted by molar-refractivity contribution is 0.0525. The lowest BCUT2D eigenvalue weighted by atomic mass is 10.0. The van der Waals surface area contributed by atoms with Crippen LogP contribution in [0.4, 0.5) is 4.79 Å². The maximum Gasteiger partial charge on any atom is 0.407 e. The first-order chi connectivity index (χ1) is 13.1. The molecule has 0 unspecified atom stereocenters. The fraction of sp³-hybridized carbons (Fsp3) is 0.474. The summed E-state index contributed by atoms with van der Waals surface area (Å²) in [5, 5.41) is 8.23. The van der Waals surface area contributed by atoms with Crippen molar-refractivity contribution in [3.8, 4) is 11.5 Å². The summed E-state index contributed by atoms with van der Waals surface area (Å²) < 4.78 is 13.0. The van der Waals surface area contributed by atoms with Gasteiger partial charge in [0.2, 0.25) is 0 Å². The number of halogens is 2. The molecule has 1 N–H and O–H groups in total. The minimum absolute atomic E-state index is 0.225. The number of hydrogen-bond acceptors (Lipinski definition) is 4. The van der Waals surface area contributed by atoms with Crippen LogP contribution < -0.4 is 10.1 Å². The molecule has 0 spiro atoms. The van der Waals surface area contributed by atoms with Crippen LogP contribution in [0.5, 0.6) is 11.5 Å². The topological polar surface area (TPSA) is 65.4 Å². The van der Waals surface area contributed by atoms with Crippen LogP contribution in [0.15, 0.2) is 18.2 Å². The number of carbonyl (C=O) groups excluding carboxylic acids is 1. The van der Waals surface area contributed by atoms with Gasteiger partial charge in [-0.3, -0.25) is 4.68 Å². The molecular formula is C19H24BCl2N3O3. The van der Waals surface area contributed by atoms with Gasteiger partial charge in [-0.2, -0.15) is 5.10 Å². The lowest BCUT2D eigenvalue weighted by Crippen LogP contribution is -2.34. The average Bonchev–Trinajstić information content (AvgIpc) is 2.88. The molecule has 2 radical (unpaired) electrons. The van der Waals surface area contributed by atoms with Gasteiger partial charge in [0.1, 0.15) is 17.0 Å². The van der Waals surface area contributed by atoms with Crippen LogP contribution in [0.3, 0.4) is 0 Å². The van der Waals surface area contributed by atoms with Crippen LogP contribution in [-0.2, 0) is 24.0 Å². The maximum atomic E-state index is 11.8. The molecule has 150 valence electrons. The molecule has 9 heteroatoms. The number of benzene rings is 1. The molecule has 0 aliphatic heterocycles. The van der Waals surface area contributed by atoms with Gasteiger partial charge >= 0.3 is 6.09 Å². The van der Waals surface area contributed by atoms with Crippen molar-refractivity contribution >= 4 is 37.1 Å². The number of nitrogens with one attached hydrogen (secondary N) is 1. The summed E-state index contributed by atoms with van der Waals surface area (Å²) in [5.41, 5.74) is 0.931. The zero-order valence-corrected chi connectivity index (χ0v) is 18.0. The molecule has 6 nitrogen and oxygen atoms in total. The zero-order valence-electron chi connectivity index (χ0n) is 16.5. The van der Waals surface area contributed by atoms with Crippen molar-refractivity contribution in [3.63, 3.8) is 0 Å². The zero-order chi connectivity index (χ0) is 20.9. The summed E-state index contributed by atoms with van der Waals surface area (Å²) in [6, 6.07) is 4.98. The number of amides is 1. The Kier molecular flexibility index (Phi) is 7.66. The predicted molar refractivity (Wildman–Crippen MR) is 112 cm³/mol. The largest absolute Gasteiger partial charge is 0.453 e. The Bertz CT molecular complexity index is 814. The first-order valence-electron chi connectivity index (χ1n) is 9.02. The third-order valence-electron chi connectivity index (χ3n) is 3.65. The second kappa shape index (κ2) is 9.57. The van der Waals surface area contributed by atoms with Crippen molar-refractivity contribution in [1.29, 1.82) is 0 Å². The molecule has 0 fully saturated rings. The van der Waals surface area contributed by atoms with Gasteiger partial charge in [0.15, 0.2) is 5.75 Å². The van der Waals surface area contributed by atoms with E-state index >= 15 is 0 Å². The molecule has 1 aromatic heterocycles. The minimum Gasteiger partial charge on any atom is -0.453 e. The van der Waals surface area contributed by atoms with E-state index < -0.39 is 11.7 Å². The Morgan fingerprint density at radius 1 is 1.25 bits per heavy atom. The van der Waals surface area contributed by atoms with Crippen molar-refractivity contribution in [2.24, 2.45) is 0 Å². The van der Waals surface area contributed by atoms with E-state index in [0.29, 0.717) is 41.1 Å². The van der Waals surface area contributed by atoms with Crippen LogP contribution in [0.2, 0.25) is 10.0 Å². The SMILES string of the molecule is [B]Cc1c(Oc2cc(Cl)cc(Cl)c2)c(CC)nn1CCNC(=O)OC(C)(C)C. The Hall–Kier alpha value is -1.86. The highest BCUT2D eigenvalue weighted by Crippen LogP contribution is 2.33. The quantitative estimate of drug-likeness (QED) is 0.653. The molecule has 1 heterocycles. The number of rotatable bonds is 7. The first kappa shape index (κ1) is 22.4. The first-order valence-corrected chi connectivity index (χ1v) is 9.78. The fourth-order valence-corrected chi connectivity index (χ4v) is 3.06. The summed E-state index contributed by atoms with van der Waals surface area (Å²) in [5.74, 6) is 1.09. The predicted octanol–water partition coefficient (Wildman–Crippen LogP) is 4.74. The molecule has 1 amide bonds. The molecule has 2 rings (SSSR count). The van der Waals surface area contributed by atoms with Gasteiger partial charge in [-0.15, -0.1) is 0 Å². The summed E-state index contributed by atoms with van der Waals surface area (Å²) in [6.45, 7) is 8.18. The van der Waals surface area contributed by atoms with Gasteiger partial charge in [0.25, 0.3) is 0 Å². The van der Waals surface area contributed by atoms with Gasteiger partial charge in [-0.25, -0.2) is 4.79 Å². The van der Waals surface area contributed by atoms with Gasteiger partial charge in [0.05, 0.1) is 20.1 Å². The highest BCUT2D eigenvalue weighted by Gasteiger charge is 2.19. The Labute approximate surface area is 176 Å². The van der Waals surface area contributed by atoms with Crippen molar-refractivity contribution in [2.75, 3.05) is 6.54 Å². The van der Waals surface area contributed by atoms with E-state index in [9.17, 15) is 4.79 Å². The molecular weight excluding hydrogens is 400 g/mol. The molecule has 0 aliphatic rings. The number of alkyl carbamates (subject to hydrolysis) is 1. The summed E-state index contributed by atoms with van der Waals surface area (Å²) >= 11 is 12.1. The van der Waals surface area contributed by atoms with Gasteiger partial charge in [0, 0.05) is 16.6 Å². The number of carbonyl (C=O) groups is 1. The summed E-state index contributed by atoms with van der Waals surface area (Å²) in [7, 11) is 5.94. The van der Waals surface area contributed by atoms with E-state index in [-0.39, 0.29) is 6.32 Å². The molecule has 0 bridgehead atoms. The van der Waals surface area contributed by atoms with Crippen LogP contribution in [0.1, 0.15) is 39.1 Å². The second-order valence-electron chi connectivity index (χ2n) is 7.14. The molecule has 0 saturated heterocycles. The van der Waals surface area contributed by atoms with Gasteiger partial charge < -0.3 is 14.8 Å². The van der Waals surface area contributed by atoms with E-state index in [1.807, 2.05) is 27.7 Å². The van der Waals surface area contributed by atoms with Crippen LogP contribution in [-0.4, -0.2) is 35.9 Å². The number of nitrogens with zero attached hydrogens (tertiary/aromatic N) is 2. The molecule has 0 atom stereocenters. The van der Waals surface area contributed by atoms with Crippen molar-refractivity contribution in [2.45, 2.75) is 52.6 Å². The normalized spacial score (nSPS) is 11.4. The highest BCUT2D eigenvalue weighted by atomic mass is 35.5. The van der Waals surface area contributed by atoms with Crippen LogP contribution >= 0.6 is 23.2 Å². The highest BCUT2D eigenvalue weighted by molar-refractivity contribution is 6.34. The van der Waals surface area contributed by atoms with Gasteiger partial charge in [-0.05, 0) is 51.7 Å². The van der Waals surface area contributed by atoms with Crippen molar-refractivity contribution in [1.82, 2.24) is 15.1 Å². The summed E-state index contributed by atoms with van der Waals surface area (Å²) in [6.07, 6.45) is 0.404. The third kappa shape index (κ3) is 6.35. The van der Waals surface area contributed by atoms with E-state index in [2.05, 4.69) is 10.4 Å². The summed E-state index contributed by atoms with van der Waals surface area (Å²) in [4.78, 5) is 11.8. The van der Waals surface area contributed by atoms with E-state index in [0.717, 1.165) is 11.4 Å². The van der Waals surface area contributed by atoms with Crippen LogP contribution in [0, 0.1) is 0 Å². The fourth-order valence-electron chi connectivity index (χ4n) is 2.55. The Morgan fingerprint density at radius 2 is 1.89 bits per heavy atom. The monoisotopic (exact) mass is 423 g/mol. The number of hydrogen-bond donors (Lipinski definition) is 1. The molecule has 2 aromatic rings. The molecule has 28 heavy (non-hydrogen) atoms. The smallest absolute Gasteiger partial charge is 0.407 e. The Morgan fingerprint density at radius 3 is 2.43 bits per heavy atom. The van der Waals surface area contributed by atoms with E-state index in [1.165, 1.54) is 0 Å². The second-order valence-corrected chi connectivity index (χ2v) is 8.01. The van der Waals surface area contributed by atoms with E-state index in [1.54, 1.807) is 22.9 Å². The molecule has 0 saturated carbocycles. The number of aryl methyl sites for hydroxylation is 1. The van der Waals surface area contributed by atoms with E-state index in [4.69, 9.17) is 40.5 Å². The Balaban J connectivity index is 2.15. The van der Waals surface area contributed by atoms with Crippen molar-refractivity contribution in [3.05, 3.63) is 39.6 Å². The van der Waals surface area contributed by atoms with Crippen LogP contribution in [0.25, 0.3) is 0 Å². The molecule has 1 aromatic carbocycles. The number of ether oxygens (including phenoxy) is 2. The standard InChI is InChI=1S/C19H24BCl2N3O3/c1-5-15-17(27-14-9-12(21)8-13(22)10-14)16(11-20)25(24-15)7-6-23-18(26)28-19(2,3)4/h8-10H,5-7,11H2,1-4H3,(H,23,26). The van der Waals surface area contributed by atoms with Gasteiger partial charge in [-0.1, -0.05) is 30.1 Å². The lowest BCUT2D eigenvalue weighted by Gasteiger charge is -2.19. The maximum absolute atomic E-state index is 11.8. The average molecular weight is 424 g/mol. The third-order valence-corrected chi connectivity index (χ3v) is 4.09.